The zero-order valence-corrected chi connectivity index (χ0v) is 9.68. The van der Waals surface area contributed by atoms with E-state index in [0.29, 0.717) is 0 Å². The molecule has 84 valence electrons. The van der Waals surface area contributed by atoms with Crippen LogP contribution in [0.4, 0.5) is 0 Å². The van der Waals surface area contributed by atoms with E-state index in [1.807, 2.05) is 6.92 Å². The lowest BCUT2D eigenvalue weighted by Gasteiger charge is -2.22. The third-order valence-electron chi connectivity index (χ3n) is 3.12. The van der Waals surface area contributed by atoms with Gasteiger partial charge in [0.1, 0.15) is 0 Å². The summed E-state index contributed by atoms with van der Waals surface area (Å²) >= 11 is 0. The van der Waals surface area contributed by atoms with Crippen molar-refractivity contribution in [1.82, 2.24) is 10.2 Å². The van der Waals surface area contributed by atoms with Gasteiger partial charge in [0, 0.05) is 20.0 Å². The van der Waals surface area contributed by atoms with Gasteiger partial charge in [-0.25, -0.2) is 0 Å². The van der Waals surface area contributed by atoms with Gasteiger partial charge in [0.25, 0.3) is 0 Å². The third-order valence-corrected chi connectivity index (χ3v) is 3.12. The van der Waals surface area contributed by atoms with E-state index in [1.165, 1.54) is 0 Å². The van der Waals surface area contributed by atoms with E-state index >= 15 is 0 Å². The molecule has 1 aliphatic rings. The molecule has 1 N–H and O–H groups in total. The molecule has 0 spiro atoms. The Kier molecular flexibility index (Phi) is 4.16. The van der Waals surface area contributed by atoms with Gasteiger partial charge in [-0.2, -0.15) is 0 Å². The fourth-order valence-electron chi connectivity index (χ4n) is 2.14. The summed E-state index contributed by atoms with van der Waals surface area (Å²) in [6, 6.07) is 0. The molecule has 0 radical (unpaired) electrons. The Morgan fingerprint density at radius 2 is 2.40 bits per heavy atom. The average Bonchev–Trinajstić information content (AvgIpc) is 2.61. The Morgan fingerprint density at radius 3 is 3.00 bits per heavy atom. The largest absolute Gasteiger partial charge is 0.359 e. The number of unbranched alkanes of at least 4 members (excludes halogenated alkanes) is 1. The molecule has 3 nitrogen and oxygen atoms in total. The Labute approximate surface area is 92.2 Å². The van der Waals surface area contributed by atoms with Gasteiger partial charge >= 0.3 is 0 Å². The predicted octanol–water partition coefficient (Wildman–Crippen LogP) is 0.858. The van der Waals surface area contributed by atoms with E-state index in [2.05, 4.69) is 16.1 Å². The molecule has 0 aliphatic carbocycles. The van der Waals surface area contributed by atoms with Gasteiger partial charge in [-0.3, -0.25) is 4.79 Å². The van der Waals surface area contributed by atoms with Crippen LogP contribution in [-0.2, 0) is 4.79 Å². The van der Waals surface area contributed by atoms with Crippen LogP contribution in [0.5, 0.6) is 0 Å². The predicted molar refractivity (Wildman–Crippen MR) is 61.3 cm³/mol. The van der Waals surface area contributed by atoms with E-state index in [4.69, 9.17) is 6.42 Å². The molecule has 1 fully saturated rings. The highest BCUT2D eigenvalue weighted by Gasteiger charge is 2.39. The first-order valence-electron chi connectivity index (χ1n) is 5.50. The number of carbonyl (C=O) groups excluding carboxylic acids is 1. The van der Waals surface area contributed by atoms with E-state index < -0.39 is 0 Å². The smallest absolute Gasteiger partial charge is 0.227 e. The first-order chi connectivity index (χ1) is 7.12. The molecule has 1 rings (SSSR count). The highest BCUT2D eigenvalue weighted by atomic mass is 16.2. The summed E-state index contributed by atoms with van der Waals surface area (Å²) in [7, 11) is 1.70. The molecule has 1 amide bonds. The lowest BCUT2D eigenvalue weighted by atomic mass is 9.89. The van der Waals surface area contributed by atoms with Crippen LogP contribution < -0.4 is 5.32 Å². The van der Waals surface area contributed by atoms with Gasteiger partial charge in [-0.05, 0) is 32.9 Å². The molecule has 15 heavy (non-hydrogen) atoms. The van der Waals surface area contributed by atoms with Crippen LogP contribution >= 0.6 is 0 Å². The number of rotatable bonds is 4. The zero-order valence-electron chi connectivity index (χ0n) is 9.68. The summed E-state index contributed by atoms with van der Waals surface area (Å²) in [5.41, 5.74) is -0.203. The lowest BCUT2D eigenvalue weighted by Crippen LogP contribution is -2.39. The number of likely N-dealkylation sites (tertiary alicyclic amines) is 1. The van der Waals surface area contributed by atoms with Gasteiger partial charge in [0.05, 0.1) is 5.41 Å². The van der Waals surface area contributed by atoms with Crippen molar-refractivity contribution in [1.29, 1.82) is 0 Å². The summed E-state index contributed by atoms with van der Waals surface area (Å²) in [6.07, 6.45) is 8.01. The maximum absolute atomic E-state index is 11.6. The number of nitrogens with zero attached hydrogens (tertiary/aromatic N) is 1. The number of hydrogen-bond acceptors (Lipinski definition) is 2. The first-order valence-corrected chi connectivity index (χ1v) is 5.50. The fraction of sp³-hybridized carbons (Fsp3) is 0.750. The highest BCUT2D eigenvalue weighted by molar-refractivity contribution is 5.82. The number of amides is 1. The number of carbonyl (C=O) groups is 1. The number of hydrogen-bond donors (Lipinski definition) is 1. The van der Waals surface area contributed by atoms with Crippen molar-refractivity contribution in [2.24, 2.45) is 5.41 Å². The number of terminal acetylenes is 1. The molecule has 1 atom stereocenters. The number of nitrogens with one attached hydrogen (secondary N) is 1. The molecule has 3 heteroatoms. The summed E-state index contributed by atoms with van der Waals surface area (Å²) in [6.45, 7) is 4.91. The normalized spacial score (nSPS) is 26.2. The minimum Gasteiger partial charge on any atom is -0.359 e. The van der Waals surface area contributed by atoms with Crippen LogP contribution in [0, 0.1) is 17.8 Å². The summed E-state index contributed by atoms with van der Waals surface area (Å²) in [4.78, 5) is 14.0. The molecule has 1 saturated heterocycles. The van der Waals surface area contributed by atoms with E-state index in [1.54, 1.807) is 7.05 Å². The van der Waals surface area contributed by atoms with Crippen molar-refractivity contribution in [2.45, 2.75) is 26.2 Å². The minimum atomic E-state index is -0.203. The molecule has 1 unspecified atom stereocenters. The van der Waals surface area contributed by atoms with Crippen molar-refractivity contribution in [3.63, 3.8) is 0 Å². The highest BCUT2D eigenvalue weighted by Crippen LogP contribution is 2.29. The van der Waals surface area contributed by atoms with Crippen molar-refractivity contribution in [3.8, 4) is 12.3 Å². The van der Waals surface area contributed by atoms with Crippen LogP contribution in [0.2, 0.25) is 0 Å². The second-order valence-electron chi connectivity index (χ2n) is 4.47. The van der Waals surface area contributed by atoms with E-state index in [0.717, 1.165) is 38.9 Å². The second-order valence-corrected chi connectivity index (χ2v) is 4.47. The van der Waals surface area contributed by atoms with Crippen molar-refractivity contribution < 1.29 is 4.79 Å². The summed E-state index contributed by atoms with van der Waals surface area (Å²) < 4.78 is 0. The Balaban J connectivity index is 2.38. The van der Waals surface area contributed by atoms with Crippen molar-refractivity contribution >= 4 is 5.91 Å². The van der Waals surface area contributed by atoms with Crippen LogP contribution in [0.25, 0.3) is 0 Å². The van der Waals surface area contributed by atoms with Gasteiger partial charge in [0.2, 0.25) is 5.91 Å². The average molecular weight is 208 g/mol. The van der Waals surface area contributed by atoms with Gasteiger partial charge < -0.3 is 10.2 Å². The van der Waals surface area contributed by atoms with Gasteiger partial charge in [-0.15, -0.1) is 12.3 Å². The van der Waals surface area contributed by atoms with Crippen molar-refractivity contribution in [3.05, 3.63) is 0 Å². The minimum absolute atomic E-state index is 0.155. The van der Waals surface area contributed by atoms with Gasteiger partial charge in [-0.1, -0.05) is 0 Å². The quantitative estimate of drug-likeness (QED) is 0.549. The topological polar surface area (TPSA) is 32.3 Å². The standard InChI is InChI=1S/C12H20N2O/c1-4-5-6-8-14-9-7-12(2,10-14)11(15)13-3/h1H,5-10H2,2-3H3,(H,13,15). The van der Waals surface area contributed by atoms with Crippen molar-refractivity contribution in [2.75, 3.05) is 26.7 Å². The first kappa shape index (κ1) is 12.1. The zero-order chi connectivity index (χ0) is 11.3. The molecule has 0 aromatic carbocycles. The van der Waals surface area contributed by atoms with Crippen LogP contribution in [0.15, 0.2) is 0 Å². The Morgan fingerprint density at radius 1 is 1.67 bits per heavy atom. The van der Waals surface area contributed by atoms with Crippen LogP contribution in [-0.4, -0.2) is 37.5 Å². The molecule has 1 heterocycles. The molecule has 0 bridgehead atoms. The third kappa shape index (κ3) is 2.97. The molecule has 0 saturated carbocycles. The summed E-state index contributed by atoms with van der Waals surface area (Å²) in [5, 5.41) is 2.74. The molecule has 0 aromatic heterocycles. The van der Waals surface area contributed by atoms with E-state index in [9.17, 15) is 4.79 Å². The Hall–Kier alpha value is -1.01. The Bertz CT molecular complexity index is 269. The maximum atomic E-state index is 11.6. The summed E-state index contributed by atoms with van der Waals surface area (Å²) in [5.74, 6) is 2.79. The lowest BCUT2D eigenvalue weighted by molar-refractivity contribution is -0.129. The van der Waals surface area contributed by atoms with Crippen LogP contribution in [0.3, 0.4) is 0 Å². The van der Waals surface area contributed by atoms with Crippen LogP contribution in [0.1, 0.15) is 26.2 Å². The second kappa shape index (κ2) is 5.18. The monoisotopic (exact) mass is 208 g/mol. The fourth-order valence-corrected chi connectivity index (χ4v) is 2.14. The SMILES string of the molecule is C#CCCCN1CCC(C)(C(=O)NC)C1. The van der Waals surface area contributed by atoms with E-state index in [-0.39, 0.29) is 11.3 Å². The molecular weight excluding hydrogens is 188 g/mol. The molecule has 1 aliphatic heterocycles. The molecule has 0 aromatic rings. The van der Waals surface area contributed by atoms with Gasteiger partial charge in [0.15, 0.2) is 0 Å². The molecular formula is C12H20N2O. The maximum Gasteiger partial charge on any atom is 0.227 e.